The van der Waals surface area contributed by atoms with E-state index in [-0.39, 0.29) is 5.91 Å². The molecule has 0 aliphatic carbocycles. The Hall–Kier alpha value is -2.15. The maximum absolute atomic E-state index is 12.3. The van der Waals surface area contributed by atoms with E-state index in [1.165, 1.54) is 9.71 Å². The summed E-state index contributed by atoms with van der Waals surface area (Å²) in [5, 5.41) is 3.77. The van der Waals surface area contributed by atoms with Gasteiger partial charge in [0.05, 0.1) is 15.2 Å². The molecule has 0 bridgehead atoms. The second-order valence-corrected chi connectivity index (χ2v) is 7.84. The molecular formula is C19H26N4O2S. The molecule has 0 radical (unpaired) electrons. The first kappa shape index (κ1) is 18.6. The molecular weight excluding hydrogens is 348 g/mol. The molecule has 1 saturated heterocycles. The molecule has 3 rings (SSSR count). The van der Waals surface area contributed by atoms with Gasteiger partial charge in [-0.15, -0.1) is 11.3 Å². The van der Waals surface area contributed by atoms with Crippen LogP contribution < -0.4 is 11.1 Å². The molecule has 1 aliphatic rings. The number of aromatic nitrogens is 1. The summed E-state index contributed by atoms with van der Waals surface area (Å²) in [5.41, 5.74) is 6.09. The number of fused-ring (bicyclic) bond motifs is 1. The van der Waals surface area contributed by atoms with E-state index in [2.05, 4.69) is 23.5 Å². The monoisotopic (exact) mass is 374 g/mol. The first-order valence-corrected chi connectivity index (χ1v) is 10.1. The molecule has 2 heterocycles. The number of carbonyl (C=O) groups excluding carboxylic acids is 2. The van der Waals surface area contributed by atoms with Gasteiger partial charge in [0, 0.05) is 32.0 Å². The van der Waals surface area contributed by atoms with E-state index in [9.17, 15) is 9.59 Å². The van der Waals surface area contributed by atoms with Gasteiger partial charge in [0.15, 0.2) is 0 Å². The van der Waals surface area contributed by atoms with E-state index in [1.54, 1.807) is 11.3 Å². The number of rotatable bonds is 7. The van der Waals surface area contributed by atoms with Crippen LogP contribution in [-0.2, 0) is 4.79 Å². The molecule has 2 aromatic rings. The Bertz CT molecular complexity index is 720. The van der Waals surface area contributed by atoms with Crippen molar-refractivity contribution in [3.63, 3.8) is 0 Å². The lowest BCUT2D eigenvalue weighted by Crippen LogP contribution is -2.37. The van der Waals surface area contributed by atoms with Gasteiger partial charge in [0.1, 0.15) is 0 Å². The third-order valence-corrected chi connectivity index (χ3v) is 6.07. The molecule has 3 amide bonds. The highest BCUT2D eigenvalue weighted by Gasteiger charge is 2.25. The first-order valence-electron chi connectivity index (χ1n) is 9.30. The minimum Gasteiger partial charge on any atom is -0.352 e. The van der Waals surface area contributed by atoms with Gasteiger partial charge in [-0.1, -0.05) is 18.6 Å². The summed E-state index contributed by atoms with van der Waals surface area (Å²) >= 11 is 1.78. The fraction of sp³-hybridized carbons (Fsp3) is 0.526. The Morgan fingerprint density at radius 1 is 1.19 bits per heavy atom. The number of nitrogens with two attached hydrogens (primary N) is 1. The van der Waals surface area contributed by atoms with Crippen LogP contribution in [0.3, 0.4) is 0 Å². The van der Waals surface area contributed by atoms with Crippen molar-refractivity contribution in [2.24, 2.45) is 5.73 Å². The topological polar surface area (TPSA) is 88.3 Å². The predicted molar refractivity (Wildman–Crippen MR) is 104 cm³/mol. The highest BCUT2D eigenvalue weighted by atomic mass is 32.1. The zero-order valence-corrected chi connectivity index (χ0v) is 15.8. The van der Waals surface area contributed by atoms with Crippen LogP contribution in [0.25, 0.3) is 10.2 Å². The lowest BCUT2D eigenvalue weighted by atomic mass is 9.97. The number of carbonyl (C=O) groups is 2. The predicted octanol–water partition coefficient (Wildman–Crippen LogP) is 3.23. The molecule has 3 N–H and O–H groups in total. The number of unbranched alkanes of at least 4 members (excludes halogenated alkanes) is 2. The number of hydrogen-bond donors (Lipinski definition) is 2. The van der Waals surface area contributed by atoms with Crippen molar-refractivity contribution in [1.82, 2.24) is 15.2 Å². The summed E-state index contributed by atoms with van der Waals surface area (Å²) in [7, 11) is 0. The van der Waals surface area contributed by atoms with Crippen LogP contribution in [0.1, 0.15) is 49.5 Å². The van der Waals surface area contributed by atoms with Crippen LogP contribution in [0.2, 0.25) is 0 Å². The Labute approximate surface area is 157 Å². The van der Waals surface area contributed by atoms with Crippen LogP contribution in [0.5, 0.6) is 0 Å². The van der Waals surface area contributed by atoms with Gasteiger partial charge in [-0.2, -0.15) is 0 Å². The van der Waals surface area contributed by atoms with Crippen molar-refractivity contribution in [1.29, 1.82) is 0 Å². The third kappa shape index (κ3) is 4.94. The highest BCUT2D eigenvalue weighted by Crippen LogP contribution is 2.33. The number of benzene rings is 1. The Morgan fingerprint density at radius 3 is 2.69 bits per heavy atom. The van der Waals surface area contributed by atoms with E-state index in [0.717, 1.165) is 50.7 Å². The smallest absolute Gasteiger partial charge is 0.312 e. The molecule has 1 aliphatic heterocycles. The maximum Gasteiger partial charge on any atom is 0.312 e. The van der Waals surface area contributed by atoms with Gasteiger partial charge in [-0.25, -0.2) is 9.78 Å². The molecule has 6 nitrogen and oxygen atoms in total. The maximum atomic E-state index is 12.3. The van der Waals surface area contributed by atoms with E-state index in [1.807, 2.05) is 11.0 Å². The molecule has 1 fully saturated rings. The van der Waals surface area contributed by atoms with Crippen LogP contribution in [0, 0.1) is 0 Å². The SMILES string of the molecule is NC(=O)NCCCCCC(=O)N1CCC(c2nc3ccccc3s2)CC1. The van der Waals surface area contributed by atoms with Crippen LogP contribution in [0.15, 0.2) is 24.3 Å². The van der Waals surface area contributed by atoms with Gasteiger partial charge in [-0.3, -0.25) is 4.79 Å². The van der Waals surface area contributed by atoms with E-state index in [4.69, 9.17) is 10.7 Å². The van der Waals surface area contributed by atoms with Crippen molar-refractivity contribution in [2.75, 3.05) is 19.6 Å². The number of piperidine rings is 1. The average Bonchev–Trinajstić information content (AvgIpc) is 3.08. The Kier molecular flexibility index (Phi) is 6.44. The summed E-state index contributed by atoms with van der Waals surface area (Å²) in [6.45, 7) is 2.22. The van der Waals surface area contributed by atoms with Crippen LogP contribution in [-0.4, -0.2) is 41.5 Å². The Morgan fingerprint density at radius 2 is 1.96 bits per heavy atom. The number of hydrogen-bond acceptors (Lipinski definition) is 4. The van der Waals surface area contributed by atoms with Crippen molar-refractivity contribution in [3.8, 4) is 0 Å². The van der Waals surface area contributed by atoms with Crippen LogP contribution >= 0.6 is 11.3 Å². The molecule has 140 valence electrons. The van der Waals surface area contributed by atoms with E-state index in [0.29, 0.717) is 18.9 Å². The van der Waals surface area contributed by atoms with Gasteiger partial charge >= 0.3 is 6.03 Å². The van der Waals surface area contributed by atoms with Crippen LogP contribution in [0.4, 0.5) is 4.79 Å². The molecule has 1 aromatic heterocycles. The standard InChI is InChI=1S/C19H26N4O2S/c20-19(25)21-11-5-1-2-8-17(24)23-12-9-14(10-13-23)18-22-15-6-3-4-7-16(15)26-18/h3-4,6-7,14H,1-2,5,8-13H2,(H3,20,21,25). The number of primary amides is 1. The van der Waals surface area contributed by atoms with Gasteiger partial charge in [-0.05, 0) is 37.8 Å². The molecule has 26 heavy (non-hydrogen) atoms. The molecule has 0 spiro atoms. The van der Waals surface area contributed by atoms with Crippen molar-refractivity contribution >= 4 is 33.5 Å². The minimum absolute atomic E-state index is 0.246. The summed E-state index contributed by atoms with van der Waals surface area (Å²) in [6, 6.07) is 7.77. The largest absolute Gasteiger partial charge is 0.352 e. The fourth-order valence-electron chi connectivity index (χ4n) is 3.39. The number of nitrogens with one attached hydrogen (secondary N) is 1. The lowest BCUT2D eigenvalue weighted by Gasteiger charge is -2.31. The molecule has 7 heteroatoms. The molecule has 1 aromatic carbocycles. The van der Waals surface area contributed by atoms with Crippen molar-refractivity contribution in [2.45, 2.75) is 44.4 Å². The molecule has 0 unspecified atom stereocenters. The third-order valence-electron chi connectivity index (χ3n) is 4.87. The minimum atomic E-state index is -0.489. The summed E-state index contributed by atoms with van der Waals surface area (Å²) in [4.78, 5) is 29.7. The average molecular weight is 375 g/mol. The lowest BCUT2D eigenvalue weighted by molar-refractivity contribution is -0.132. The Balaban J connectivity index is 1.39. The van der Waals surface area contributed by atoms with E-state index < -0.39 is 6.03 Å². The first-order chi connectivity index (χ1) is 12.6. The number of amides is 3. The molecule has 0 atom stereocenters. The number of urea groups is 1. The normalized spacial score (nSPS) is 15.3. The number of thiazole rings is 1. The summed E-state index contributed by atoms with van der Waals surface area (Å²) < 4.78 is 1.24. The number of nitrogens with zero attached hydrogens (tertiary/aromatic N) is 2. The summed E-state index contributed by atoms with van der Waals surface area (Å²) in [6.07, 6.45) is 5.21. The summed E-state index contributed by atoms with van der Waals surface area (Å²) in [5.74, 6) is 0.715. The fourth-order valence-corrected chi connectivity index (χ4v) is 4.52. The molecule has 0 saturated carbocycles. The highest BCUT2D eigenvalue weighted by molar-refractivity contribution is 7.18. The van der Waals surface area contributed by atoms with Crippen molar-refractivity contribution in [3.05, 3.63) is 29.3 Å². The van der Waals surface area contributed by atoms with Gasteiger partial charge < -0.3 is 16.0 Å². The van der Waals surface area contributed by atoms with Gasteiger partial charge in [0.2, 0.25) is 5.91 Å². The second kappa shape index (κ2) is 8.98. The zero-order chi connectivity index (χ0) is 18.4. The van der Waals surface area contributed by atoms with Crippen molar-refractivity contribution < 1.29 is 9.59 Å². The number of para-hydroxylation sites is 1. The van der Waals surface area contributed by atoms with E-state index >= 15 is 0 Å². The quantitative estimate of drug-likeness (QED) is 0.729. The van der Waals surface area contributed by atoms with Gasteiger partial charge in [0.25, 0.3) is 0 Å². The number of likely N-dealkylation sites (tertiary alicyclic amines) is 1. The zero-order valence-electron chi connectivity index (χ0n) is 14.9. The second-order valence-electron chi connectivity index (χ2n) is 6.78.